The van der Waals surface area contributed by atoms with E-state index in [4.69, 9.17) is 14.4 Å². The Labute approximate surface area is 253 Å². The molecule has 0 N–H and O–H groups in total. The maximum Gasteiger partial charge on any atom is 0.180 e. The van der Waals surface area contributed by atoms with Crippen LogP contribution in [0.25, 0.3) is 83.3 Å². The van der Waals surface area contributed by atoms with Crippen molar-refractivity contribution in [3.05, 3.63) is 152 Å². The highest BCUT2D eigenvalue weighted by molar-refractivity contribution is 6.12. The molecule has 0 bridgehead atoms. The predicted octanol–water partition coefficient (Wildman–Crippen LogP) is 10.5. The molecule has 44 heavy (non-hydrogen) atoms. The minimum Gasteiger partial charge on any atom is -0.452 e. The zero-order chi connectivity index (χ0) is 29.0. The van der Waals surface area contributed by atoms with Crippen molar-refractivity contribution in [2.45, 2.75) is 0 Å². The molecule has 9 aromatic rings. The van der Waals surface area contributed by atoms with Crippen LogP contribution in [0, 0.1) is 0 Å². The molecule has 0 saturated carbocycles. The van der Waals surface area contributed by atoms with Gasteiger partial charge in [0.1, 0.15) is 16.8 Å². The van der Waals surface area contributed by atoms with Crippen LogP contribution in [-0.4, -0.2) is 14.5 Å². The third kappa shape index (κ3) is 3.85. The highest BCUT2D eigenvalue weighted by Gasteiger charge is 2.20. The van der Waals surface area contributed by atoms with E-state index >= 15 is 0 Å². The van der Waals surface area contributed by atoms with Crippen LogP contribution < -0.4 is 0 Å². The van der Waals surface area contributed by atoms with Crippen molar-refractivity contribution in [1.82, 2.24) is 14.5 Å². The summed E-state index contributed by atoms with van der Waals surface area (Å²) in [6, 6.07) is 52.7. The zero-order valence-corrected chi connectivity index (χ0v) is 23.7. The second-order valence-electron chi connectivity index (χ2n) is 11.0. The van der Waals surface area contributed by atoms with Crippen LogP contribution in [-0.2, 0) is 0 Å². The summed E-state index contributed by atoms with van der Waals surface area (Å²) in [4.78, 5) is 10.1. The molecule has 0 spiro atoms. The first-order chi connectivity index (χ1) is 21.8. The number of rotatable bonds is 4. The average molecular weight is 564 g/mol. The van der Waals surface area contributed by atoms with Gasteiger partial charge < -0.3 is 8.98 Å². The van der Waals surface area contributed by atoms with Crippen LogP contribution in [0.4, 0.5) is 0 Å². The van der Waals surface area contributed by atoms with E-state index in [9.17, 15) is 0 Å². The lowest BCUT2D eigenvalue weighted by atomic mass is 10.0. The third-order valence-electron chi connectivity index (χ3n) is 8.41. The molecular formula is C40H25N3O. The Hall–Kier alpha value is -6.00. The van der Waals surface area contributed by atoms with Gasteiger partial charge in [-0.05, 0) is 53.6 Å². The zero-order valence-electron chi connectivity index (χ0n) is 23.7. The van der Waals surface area contributed by atoms with Crippen LogP contribution in [0.5, 0.6) is 0 Å². The highest BCUT2D eigenvalue weighted by Crippen LogP contribution is 2.39. The number of furan rings is 1. The van der Waals surface area contributed by atoms with Crippen LogP contribution in [0.2, 0.25) is 0 Å². The topological polar surface area (TPSA) is 43.9 Å². The number of aromatic nitrogens is 3. The van der Waals surface area contributed by atoms with Gasteiger partial charge in [0.05, 0.1) is 11.0 Å². The first kappa shape index (κ1) is 24.6. The van der Waals surface area contributed by atoms with E-state index in [0.29, 0.717) is 11.4 Å². The predicted molar refractivity (Wildman–Crippen MR) is 180 cm³/mol. The second-order valence-corrected chi connectivity index (χ2v) is 11.0. The van der Waals surface area contributed by atoms with Gasteiger partial charge in [-0.1, -0.05) is 109 Å². The molecule has 0 radical (unpaired) electrons. The Balaban J connectivity index is 1.29. The fourth-order valence-corrected chi connectivity index (χ4v) is 6.36. The average Bonchev–Trinajstić information content (AvgIpc) is 3.64. The molecule has 0 unspecified atom stereocenters. The lowest BCUT2D eigenvalue weighted by Gasteiger charge is -2.11. The van der Waals surface area contributed by atoms with Crippen molar-refractivity contribution < 1.29 is 4.42 Å². The molecule has 0 fully saturated rings. The van der Waals surface area contributed by atoms with Crippen molar-refractivity contribution in [3.63, 3.8) is 0 Å². The summed E-state index contributed by atoms with van der Waals surface area (Å²) in [7, 11) is 0. The normalized spacial score (nSPS) is 11.6. The van der Waals surface area contributed by atoms with Crippen LogP contribution in [0.1, 0.15) is 0 Å². The van der Waals surface area contributed by atoms with Crippen LogP contribution in [0.3, 0.4) is 0 Å². The Morgan fingerprint density at radius 1 is 0.455 bits per heavy atom. The van der Waals surface area contributed by atoms with Crippen molar-refractivity contribution >= 4 is 43.9 Å². The number of hydrogen-bond donors (Lipinski definition) is 0. The molecule has 0 amide bonds. The summed E-state index contributed by atoms with van der Waals surface area (Å²) < 4.78 is 8.78. The quantitative estimate of drug-likeness (QED) is 0.214. The van der Waals surface area contributed by atoms with Gasteiger partial charge in [-0.15, -0.1) is 0 Å². The SMILES string of the molecule is c1ccc(-c2cccc(-n3c4ccccc4c4cc(-c5nc(-c6ccccc6)nc6c5oc5ccccc56)ccc43)c2)cc1. The molecule has 3 heterocycles. The monoisotopic (exact) mass is 563 g/mol. The van der Waals surface area contributed by atoms with Gasteiger partial charge in [-0.3, -0.25) is 0 Å². The summed E-state index contributed by atoms with van der Waals surface area (Å²) in [6.45, 7) is 0. The second kappa shape index (κ2) is 9.79. The summed E-state index contributed by atoms with van der Waals surface area (Å²) in [6.07, 6.45) is 0. The molecule has 0 aliphatic heterocycles. The van der Waals surface area contributed by atoms with E-state index in [1.807, 2.05) is 48.5 Å². The van der Waals surface area contributed by atoms with Gasteiger partial charge in [0.2, 0.25) is 0 Å². The Bertz CT molecular complexity index is 2490. The maximum atomic E-state index is 6.43. The molecule has 4 nitrogen and oxygen atoms in total. The first-order valence-corrected chi connectivity index (χ1v) is 14.8. The Morgan fingerprint density at radius 2 is 1.14 bits per heavy atom. The molecule has 3 aromatic heterocycles. The van der Waals surface area contributed by atoms with Gasteiger partial charge in [0.15, 0.2) is 11.4 Å². The summed E-state index contributed by atoms with van der Waals surface area (Å²) in [5.74, 6) is 0.680. The lowest BCUT2D eigenvalue weighted by Crippen LogP contribution is -1.95. The van der Waals surface area contributed by atoms with E-state index in [2.05, 4.69) is 108 Å². The molecule has 4 heteroatoms. The number of fused-ring (bicyclic) bond motifs is 6. The lowest BCUT2D eigenvalue weighted by molar-refractivity contribution is 0.667. The molecule has 0 atom stereocenters. The molecule has 0 aliphatic carbocycles. The van der Waals surface area contributed by atoms with Crippen molar-refractivity contribution in [2.24, 2.45) is 0 Å². The smallest absolute Gasteiger partial charge is 0.180 e. The Morgan fingerprint density at radius 3 is 1.98 bits per heavy atom. The van der Waals surface area contributed by atoms with Gasteiger partial charge in [0, 0.05) is 33.0 Å². The highest BCUT2D eigenvalue weighted by atomic mass is 16.3. The van der Waals surface area contributed by atoms with E-state index in [-0.39, 0.29) is 0 Å². The number of hydrogen-bond acceptors (Lipinski definition) is 3. The standard InChI is InChI=1S/C40H25N3O/c1-3-12-26(13-4-1)28-16-11-17-30(24-28)43-34-20-9-7-18-31(34)33-25-29(22-23-35(33)43)37-39-38(32-19-8-10-21-36(32)44-39)42-40(41-37)27-14-5-2-6-15-27/h1-25H. The Kier molecular flexibility index (Phi) is 5.47. The van der Waals surface area contributed by atoms with Crippen LogP contribution in [0.15, 0.2) is 156 Å². The van der Waals surface area contributed by atoms with E-state index < -0.39 is 0 Å². The number of benzene rings is 6. The molecule has 6 aromatic carbocycles. The van der Waals surface area contributed by atoms with E-state index in [1.165, 1.54) is 16.5 Å². The molecule has 0 saturated heterocycles. The van der Waals surface area contributed by atoms with Crippen molar-refractivity contribution in [2.75, 3.05) is 0 Å². The fraction of sp³-hybridized carbons (Fsp3) is 0. The van der Waals surface area contributed by atoms with Gasteiger partial charge in [-0.25, -0.2) is 9.97 Å². The van der Waals surface area contributed by atoms with Crippen molar-refractivity contribution in [1.29, 1.82) is 0 Å². The minimum absolute atomic E-state index is 0.680. The fourth-order valence-electron chi connectivity index (χ4n) is 6.36. The summed E-state index contributed by atoms with van der Waals surface area (Å²) in [5.41, 5.74) is 10.9. The maximum absolute atomic E-state index is 6.43. The number of para-hydroxylation sites is 2. The largest absolute Gasteiger partial charge is 0.452 e. The van der Waals surface area contributed by atoms with E-state index in [1.54, 1.807) is 0 Å². The summed E-state index contributed by atoms with van der Waals surface area (Å²) >= 11 is 0. The van der Waals surface area contributed by atoms with Crippen LogP contribution >= 0.6 is 0 Å². The van der Waals surface area contributed by atoms with Gasteiger partial charge in [-0.2, -0.15) is 0 Å². The molecular weight excluding hydrogens is 538 g/mol. The first-order valence-electron chi connectivity index (χ1n) is 14.8. The minimum atomic E-state index is 0.680. The summed E-state index contributed by atoms with van der Waals surface area (Å²) in [5, 5.41) is 3.33. The van der Waals surface area contributed by atoms with Crippen molar-refractivity contribution in [3.8, 4) is 39.5 Å². The third-order valence-corrected chi connectivity index (χ3v) is 8.41. The van der Waals surface area contributed by atoms with Gasteiger partial charge in [0.25, 0.3) is 0 Å². The molecule has 0 aliphatic rings. The van der Waals surface area contributed by atoms with Gasteiger partial charge >= 0.3 is 0 Å². The molecule has 206 valence electrons. The van der Waals surface area contributed by atoms with E-state index in [0.717, 1.165) is 55.4 Å². The molecule has 9 rings (SSSR count). The number of nitrogens with zero attached hydrogens (tertiary/aromatic N) is 3.